The summed E-state index contributed by atoms with van der Waals surface area (Å²) in [6.45, 7) is 0.604. The van der Waals surface area contributed by atoms with Gasteiger partial charge in [0.25, 0.3) is 0 Å². The minimum atomic E-state index is -1.19. The number of hydrogen-bond donors (Lipinski definition) is 2. The third-order valence-corrected chi connectivity index (χ3v) is 2.12. The lowest BCUT2D eigenvalue weighted by Gasteiger charge is -2.10. The van der Waals surface area contributed by atoms with Gasteiger partial charge in [-0.05, 0) is 6.42 Å². The lowest BCUT2D eigenvalue weighted by atomic mass is 10.2. The summed E-state index contributed by atoms with van der Waals surface area (Å²) in [7, 11) is 1.65. The van der Waals surface area contributed by atoms with E-state index in [4.69, 9.17) is 5.11 Å². The molecular formula is C9H12N2O4. The van der Waals surface area contributed by atoms with Crippen molar-refractivity contribution in [2.45, 2.75) is 12.5 Å². The van der Waals surface area contributed by atoms with Crippen molar-refractivity contribution < 1.29 is 19.5 Å². The smallest absolute Gasteiger partial charge is 0.328 e. The molecule has 0 aromatic rings. The van der Waals surface area contributed by atoms with Gasteiger partial charge in [0.2, 0.25) is 11.8 Å². The van der Waals surface area contributed by atoms with Crippen LogP contribution in [-0.4, -0.2) is 47.4 Å². The van der Waals surface area contributed by atoms with E-state index in [0.717, 1.165) is 12.2 Å². The van der Waals surface area contributed by atoms with Gasteiger partial charge < -0.3 is 15.3 Å². The van der Waals surface area contributed by atoms with Gasteiger partial charge in [-0.25, -0.2) is 4.79 Å². The third-order valence-electron chi connectivity index (χ3n) is 2.12. The second-order valence-electron chi connectivity index (χ2n) is 3.28. The van der Waals surface area contributed by atoms with E-state index in [-0.39, 0.29) is 5.91 Å². The monoisotopic (exact) mass is 212 g/mol. The summed E-state index contributed by atoms with van der Waals surface area (Å²) in [5.74, 6) is -1.90. The number of likely N-dealkylation sites (tertiary alicyclic amines) is 1. The van der Waals surface area contributed by atoms with E-state index in [2.05, 4.69) is 5.32 Å². The van der Waals surface area contributed by atoms with Gasteiger partial charge in [-0.1, -0.05) is 0 Å². The molecule has 1 heterocycles. The Bertz CT molecular complexity index is 324. The van der Waals surface area contributed by atoms with Crippen LogP contribution in [0, 0.1) is 0 Å². The van der Waals surface area contributed by atoms with Crippen LogP contribution in [0.25, 0.3) is 0 Å². The van der Waals surface area contributed by atoms with Gasteiger partial charge in [-0.15, -0.1) is 0 Å². The van der Waals surface area contributed by atoms with E-state index in [1.807, 2.05) is 0 Å². The summed E-state index contributed by atoms with van der Waals surface area (Å²) >= 11 is 0. The predicted molar refractivity (Wildman–Crippen MR) is 51.0 cm³/mol. The number of amides is 2. The molecule has 0 aliphatic carbocycles. The van der Waals surface area contributed by atoms with Gasteiger partial charge >= 0.3 is 5.97 Å². The Kier molecular flexibility index (Phi) is 3.43. The van der Waals surface area contributed by atoms with Crippen LogP contribution in [0.1, 0.15) is 6.42 Å². The van der Waals surface area contributed by atoms with E-state index < -0.39 is 17.9 Å². The first-order valence-corrected chi connectivity index (χ1v) is 4.47. The average Bonchev–Trinajstić information content (AvgIpc) is 2.47. The molecule has 0 spiro atoms. The number of rotatable bonds is 3. The van der Waals surface area contributed by atoms with E-state index >= 15 is 0 Å². The SMILES string of the molecule is CN1CCC(NC(=O)/C=C/C(=O)O)C1=O. The first-order chi connectivity index (χ1) is 7.00. The Hall–Kier alpha value is -1.85. The predicted octanol–water partition coefficient (Wildman–Crippen LogP) is -1.03. The molecule has 2 amide bonds. The molecule has 1 fully saturated rings. The van der Waals surface area contributed by atoms with Gasteiger partial charge in [0, 0.05) is 25.7 Å². The summed E-state index contributed by atoms with van der Waals surface area (Å²) < 4.78 is 0. The highest BCUT2D eigenvalue weighted by Gasteiger charge is 2.29. The summed E-state index contributed by atoms with van der Waals surface area (Å²) in [5, 5.41) is 10.7. The standard InChI is InChI=1S/C9H12N2O4/c1-11-5-4-6(9(11)15)10-7(12)2-3-8(13)14/h2-3,6H,4-5H2,1H3,(H,10,12)(H,13,14)/b3-2+. The number of carboxylic acid groups (broad SMARTS) is 1. The second-order valence-corrected chi connectivity index (χ2v) is 3.28. The van der Waals surface area contributed by atoms with Crippen molar-refractivity contribution in [1.29, 1.82) is 0 Å². The van der Waals surface area contributed by atoms with Gasteiger partial charge in [-0.2, -0.15) is 0 Å². The highest BCUT2D eigenvalue weighted by molar-refractivity contribution is 5.97. The fourth-order valence-electron chi connectivity index (χ4n) is 1.32. The van der Waals surface area contributed by atoms with Crippen molar-refractivity contribution in [3.63, 3.8) is 0 Å². The fraction of sp³-hybridized carbons (Fsp3) is 0.444. The van der Waals surface area contributed by atoms with Crippen LogP contribution in [0.2, 0.25) is 0 Å². The molecule has 6 nitrogen and oxygen atoms in total. The normalized spacial score (nSPS) is 21.0. The average molecular weight is 212 g/mol. The molecule has 0 saturated carbocycles. The molecule has 1 rings (SSSR count). The maximum absolute atomic E-state index is 11.3. The van der Waals surface area contributed by atoms with Crippen LogP contribution >= 0.6 is 0 Å². The van der Waals surface area contributed by atoms with E-state index in [1.54, 1.807) is 7.05 Å². The summed E-state index contributed by atoms with van der Waals surface area (Å²) in [4.78, 5) is 34.1. The van der Waals surface area contributed by atoms with Gasteiger partial charge in [0.05, 0.1) is 0 Å². The second kappa shape index (κ2) is 4.59. The molecule has 1 aliphatic rings. The third kappa shape index (κ3) is 3.08. The number of likely N-dealkylation sites (N-methyl/N-ethyl adjacent to an activating group) is 1. The summed E-state index contributed by atoms with van der Waals surface area (Å²) in [6.07, 6.45) is 2.19. The minimum Gasteiger partial charge on any atom is -0.478 e. The van der Waals surface area contributed by atoms with E-state index in [1.165, 1.54) is 4.90 Å². The zero-order chi connectivity index (χ0) is 11.4. The molecule has 1 atom stereocenters. The molecule has 1 unspecified atom stereocenters. The lowest BCUT2D eigenvalue weighted by molar-refractivity contribution is -0.131. The molecular weight excluding hydrogens is 200 g/mol. The van der Waals surface area contributed by atoms with Crippen molar-refractivity contribution in [2.24, 2.45) is 0 Å². The largest absolute Gasteiger partial charge is 0.478 e. The number of nitrogens with one attached hydrogen (secondary N) is 1. The Morgan fingerprint density at radius 2 is 2.20 bits per heavy atom. The maximum Gasteiger partial charge on any atom is 0.328 e. The molecule has 82 valence electrons. The Morgan fingerprint density at radius 1 is 1.53 bits per heavy atom. The number of carbonyl (C=O) groups is 3. The zero-order valence-electron chi connectivity index (χ0n) is 8.27. The molecule has 1 saturated heterocycles. The summed E-state index contributed by atoms with van der Waals surface area (Å²) in [5.41, 5.74) is 0. The van der Waals surface area contributed by atoms with E-state index in [9.17, 15) is 14.4 Å². The highest BCUT2D eigenvalue weighted by Crippen LogP contribution is 2.07. The fourth-order valence-corrected chi connectivity index (χ4v) is 1.32. The van der Waals surface area contributed by atoms with Crippen LogP contribution in [0.4, 0.5) is 0 Å². The van der Waals surface area contributed by atoms with Crippen LogP contribution in [0.3, 0.4) is 0 Å². The van der Waals surface area contributed by atoms with Crippen molar-refractivity contribution in [1.82, 2.24) is 10.2 Å². The minimum absolute atomic E-state index is 0.146. The first-order valence-electron chi connectivity index (χ1n) is 4.47. The zero-order valence-corrected chi connectivity index (χ0v) is 8.27. The Labute approximate surface area is 86.6 Å². The molecule has 0 aromatic carbocycles. The van der Waals surface area contributed by atoms with Crippen LogP contribution in [0.15, 0.2) is 12.2 Å². The summed E-state index contributed by atoms with van der Waals surface area (Å²) in [6, 6.07) is -0.527. The van der Waals surface area contributed by atoms with Crippen molar-refractivity contribution in [3.05, 3.63) is 12.2 Å². The molecule has 2 N–H and O–H groups in total. The lowest BCUT2D eigenvalue weighted by Crippen LogP contribution is -2.39. The number of nitrogens with zero attached hydrogens (tertiary/aromatic N) is 1. The van der Waals surface area contributed by atoms with Crippen LogP contribution in [0.5, 0.6) is 0 Å². The van der Waals surface area contributed by atoms with Crippen LogP contribution in [-0.2, 0) is 14.4 Å². The van der Waals surface area contributed by atoms with Gasteiger partial charge in [-0.3, -0.25) is 9.59 Å². The number of aliphatic carboxylic acids is 1. The quantitative estimate of drug-likeness (QED) is 0.586. The molecule has 0 radical (unpaired) electrons. The molecule has 15 heavy (non-hydrogen) atoms. The number of carboxylic acids is 1. The van der Waals surface area contributed by atoms with Crippen molar-refractivity contribution in [3.8, 4) is 0 Å². The van der Waals surface area contributed by atoms with Crippen LogP contribution < -0.4 is 5.32 Å². The molecule has 1 aliphatic heterocycles. The molecule has 0 aromatic heterocycles. The highest BCUT2D eigenvalue weighted by atomic mass is 16.4. The van der Waals surface area contributed by atoms with E-state index in [0.29, 0.717) is 13.0 Å². The topological polar surface area (TPSA) is 86.7 Å². The number of hydrogen-bond acceptors (Lipinski definition) is 3. The van der Waals surface area contributed by atoms with Crippen molar-refractivity contribution >= 4 is 17.8 Å². The van der Waals surface area contributed by atoms with Gasteiger partial charge in [0.1, 0.15) is 6.04 Å². The first kappa shape index (κ1) is 11.2. The Morgan fingerprint density at radius 3 is 2.67 bits per heavy atom. The molecule has 0 bridgehead atoms. The maximum atomic E-state index is 11.3. The number of carbonyl (C=O) groups excluding carboxylic acids is 2. The Balaban J connectivity index is 2.46. The molecule has 6 heteroatoms. The van der Waals surface area contributed by atoms with Gasteiger partial charge in [0.15, 0.2) is 0 Å². The van der Waals surface area contributed by atoms with Crippen molar-refractivity contribution in [2.75, 3.05) is 13.6 Å².